The molecule has 0 aliphatic heterocycles. The lowest BCUT2D eigenvalue weighted by Gasteiger charge is -2.08. The predicted octanol–water partition coefficient (Wildman–Crippen LogP) is 4.87. The maximum Gasteiger partial charge on any atom is 0.275 e. The summed E-state index contributed by atoms with van der Waals surface area (Å²) in [4.78, 5) is 10.5. The summed E-state index contributed by atoms with van der Waals surface area (Å²) in [7, 11) is 0. The van der Waals surface area contributed by atoms with Crippen molar-refractivity contribution in [1.82, 2.24) is 0 Å². The highest BCUT2D eigenvalue weighted by molar-refractivity contribution is 9.10. The maximum absolute atomic E-state index is 13.4. The lowest BCUT2D eigenvalue weighted by Crippen LogP contribution is -2.03. The van der Waals surface area contributed by atoms with Crippen molar-refractivity contribution in [2.45, 2.75) is 6.54 Å². The van der Waals surface area contributed by atoms with Gasteiger partial charge in [-0.25, -0.2) is 4.39 Å². The number of hydrogen-bond acceptors (Lipinski definition) is 3. The van der Waals surface area contributed by atoms with E-state index in [1.807, 2.05) is 0 Å². The average molecular weight is 404 g/mol. The fraction of sp³-hybridized carbons (Fsp3) is 0.0769. The van der Waals surface area contributed by atoms with Crippen LogP contribution in [0.1, 0.15) is 5.56 Å². The molecule has 0 spiro atoms. The molecule has 0 bridgehead atoms. The zero-order valence-corrected chi connectivity index (χ0v) is 13.2. The minimum absolute atomic E-state index is 0.0180. The fourth-order valence-electron chi connectivity index (χ4n) is 1.66. The molecule has 0 aromatic heterocycles. The fourth-order valence-corrected chi connectivity index (χ4v) is 2.26. The smallest absolute Gasteiger partial charge is 0.275 e. The number of nitro groups is 1. The molecule has 104 valence electrons. The van der Waals surface area contributed by atoms with Crippen LogP contribution in [0.3, 0.4) is 0 Å². The normalized spacial score (nSPS) is 10.3. The molecule has 0 amide bonds. The Kier molecular flexibility index (Phi) is 4.72. The summed E-state index contributed by atoms with van der Waals surface area (Å²) in [5, 5.41) is 13.9. The summed E-state index contributed by atoms with van der Waals surface area (Å²) in [6.45, 7) is 0.241. The molecule has 0 aliphatic carbocycles. The highest BCUT2D eigenvalue weighted by Gasteiger charge is 2.13. The Morgan fingerprint density at radius 3 is 2.60 bits per heavy atom. The van der Waals surface area contributed by atoms with Crippen LogP contribution in [0.15, 0.2) is 45.3 Å². The number of nitrogens with one attached hydrogen (secondary N) is 1. The molecule has 0 saturated carbocycles. The van der Waals surface area contributed by atoms with Gasteiger partial charge in [-0.2, -0.15) is 0 Å². The van der Waals surface area contributed by atoms with Gasteiger partial charge in [0.25, 0.3) is 5.69 Å². The molecule has 7 heteroatoms. The van der Waals surface area contributed by atoms with E-state index < -0.39 is 4.92 Å². The van der Waals surface area contributed by atoms with Gasteiger partial charge in [-0.15, -0.1) is 0 Å². The van der Waals surface area contributed by atoms with E-state index in [1.54, 1.807) is 24.3 Å². The Bertz CT molecular complexity index is 665. The van der Waals surface area contributed by atoms with Gasteiger partial charge in [-0.3, -0.25) is 10.1 Å². The summed E-state index contributed by atoms with van der Waals surface area (Å²) < 4.78 is 14.4. The summed E-state index contributed by atoms with van der Waals surface area (Å²) in [5.41, 5.74) is 1.11. The first-order valence-corrected chi connectivity index (χ1v) is 7.17. The zero-order chi connectivity index (χ0) is 14.7. The molecule has 0 atom stereocenters. The molecule has 2 aromatic carbocycles. The van der Waals surface area contributed by atoms with Crippen molar-refractivity contribution in [3.63, 3.8) is 0 Å². The van der Waals surface area contributed by atoms with Gasteiger partial charge in [0.1, 0.15) is 5.82 Å². The van der Waals surface area contributed by atoms with Crippen molar-refractivity contribution in [1.29, 1.82) is 0 Å². The van der Waals surface area contributed by atoms with Crippen LogP contribution >= 0.6 is 31.9 Å². The number of hydrogen-bond donors (Lipinski definition) is 1. The third-order valence-corrected chi connectivity index (χ3v) is 3.78. The van der Waals surface area contributed by atoms with Crippen LogP contribution in [0.2, 0.25) is 0 Å². The van der Waals surface area contributed by atoms with Gasteiger partial charge < -0.3 is 5.32 Å². The number of nitro benzene ring substituents is 1. The van der Waals surface area contributed by atoms with E-state index in [2.05, 4.69) is 37.2 Å². The van der Waals surface area contributed by atoms with Crippen molar-refractivity contribution in [2.24, 2.45) is 0 Å². The lowest BCUT2D eigenvalue weighted by molar-refractivity contribution is -0.385. The van der Waals surface area contributed by atoms with Gasteiger partial charge in [0, 0.05) is 28.3 Å². The molecule has 0 aliphatic rings. The van der Waals surface area contributed by atoms with Crippen molar-refractivity contribution in [3.8, 4) is 0 Å². The molecule has 0 fully saturated rings. The summed E-state index contributed by atoms with van der Waals surface area (Å²) in [5.74, 6) is -0.389. The highest BCUT2D eigenvalue weighted by atomic mass is 79.9. The molecule has 0 heterocycles. The minimum Gasteiger partial charge on any atom is -0.381 e. The topological polar surface area (TPSA) is 55.2 Å². The maximum atomic E-state index is 13.4. The average Bonchev–Trinajstić information content (AvgIpc) is 2.41. The first kappa shape index (κ1) is 14.9. The molecule has 2 rings (SSSR count). The van der Waals surface area contributed by atoms with Crippen molar-refractivity contribution >= 4 is 43.2 Å². The molecular weight excluding hydrogens is 395 g/mol. The second kappa shape index (κ2) is 6.32. The molecule has 20 heavy (non-hydrogen) atoms. The monoisotopic (exact) mass is 402 g/mol. The lowest BCUT2D eigenvalue weighted by atomic mass is 10.1. The van der Waals surface area contributed by atoms with E-state index in [0.29, 0.717) is 20.2 Å². The SMILES string of the molecule is O=[N+]([O-])c1cc(Br)ccc1CNc1ccc(Br)c(F)c1. The summed E-state index contributed by atoms with van der Waals surface area (Å²) in [6.07, 6.45) is 0. The van der Waals surface area contributed by atoms with Crippen molar-refractivity contribution in [3.05, 3.63) is 66.8 Å². The standard InChI is InChI=1S/C13H9Br2FN2O2/c14-9-2-1-8(13(5-9)18(19)20)7-17-10-3-4-11(15)12(16)6-10/h1-6,17H,7H2. The van der Waals surface area contributed by atoms with E-state index in [1.165, 1.54) is 12.1 Å². The summed E-state index contributed by atoms with van der Waals surface area (Å²) in [6, 6.07) is 9.43. The number of nitrogens with zero attached hydrogens (tertiary/aromatic N) is 1. The summed E-state index contributed by atoms with van der Waals surface area (Å²) >= 11 is 6.27. The van der Waals surface area contributed by atoms with E-state index >= 15 is 0 Å². The number of rotatable bonds is 4. The molecule has 0 radical (unpaired) electrons. The van der Waals surface area contributed by atoms with Crippen molar-refractivity contribution < 1.29 is 9.31 Å². The van der Waals surface area contributed by atoms with Crippen LogP contribution in [0.4, 0.5) is 15.8 Å². The van der Waals surface area contributed by atoms with Crippen LogP contribution in [0.5, 0.6) is 0 Å². The number of anilines is 1. The van der Waals surface area contributed by atoms with Gasteiger partial charge in [0.2, 0.25) is 0 Å². The van der Waals surface area contributed by atoms with Crippen LogP contribution in [0.25, 0.3) is 0 Å². The van der Waals surface area contributed by atoms with E-state index in [-0.39, 0.29) is 18.0 Å². The first-order chi connectivity index (χ1) is 9.47. The zero-order valence-electron chi connectivity index (χ0n) is 10.1. The third-order valence-electron chi connectivity index (χ3n) is 2.65. The largest absolute Gasteiger partial charge is 0.381 e. The Morgan fingerprint density at radius 1 is 1.20 bits per heavy atom. The van der Waals surface area contributed by atoms with Gasteiger partial charge in [-0.05, 0) is 46.3 Å². The Morgan fingerprint density at radius 2 is 1.95 bits per heavy atom. The first-order valence-electron chi connectivity index (χ1n) is 5.59. The Labute approximate surface area is 131 Å². The predicted molar refractivity (Wildman–Crippen MR) is 82.2 cm³/mol. The van der Waals surface area contributed by atoms with E-state index in [4.69, 9.17) is 0 Å². The van der Waals surface area contributed by atoms with Crippen LogP contribution in [-0.4, -0.2) is 4.92 Å². The van der Waals surface area contributed by atoms with Crippen molar-refractivity contribution in [2.75, 3.05) is 5.32 Å². The van der Waals surface area contributed by atoms with E-state index in [9.17, 15) is 14.5 Å². The second-order valence-corrected chi connectivity index (χ2v) is 5.78. The molecule has 0 unspecified atom stereocenters. The van der Waals surface area contributed by atoms with E-state index in [0.717, 1.165) is 0 Å². The number of halogens is 3. The van der Waals surface area contributed by atoms with Gasteiger partial charge in [-0.1, -0.05) is 15.9 Å². The second-order valence-electron chi connectivity index (χ2n) is 4.01. The van der Waals surface area contributed by atoms with Crippen LogP contribution in [0, 0.1) is 15.9 Å². The van der Waals surface area contributed by atoms with Gasteiger partial charge in [0.05, 0.1) is 9.40 Å². The number of benzene rings is 2. The Hall–Kier alpha value is -1.47. The molecule has 2 aromatic rings. The molecule has 1 N–H and O–H groups in total. The third kappa shape index (κ3) is 3.55. The molecule has 4 nitrogen and oxygen atoms in total. The van der Waals surface area contributed by atoms with Crippen LogP contribution in [-0.2, 0) is 6.54 Å². The quantitative estimate of drug-likeness (QED) is 0.585. The minimum atomic E-state index is -0.441. The highest BCUT2D eigenvalue weighted by Crippen LogP contribution is 2.25. The van der Waals surface area contributed by atoms with Gasteiger partial charge >= 0.3 is 0 Å². The van der Waals surface area contributed by atoms with Crippen LogP contribution < -0.4 is 5.32 Å². The molecule has 0 saturated heterocycles. The molecular formula is C13H9Br2FN2O2. The van der Waals surface area contributed by atoms with Gasteiger partial charge in [0.15, 0.2) is 0 Å². The Balaban J connectivity index is 2.18.